The third kappa shape index (κ3) is 4.10. The number of hydrogen-bond donors (Lipinski definition) is 2. The number of benzene rings is 1. The van der Waals surface area contributed by atoms with E-state index in [2.05, 4.69) is 0 Å². The number of para-hydroxylation sites is 1. The Bertz CT molecular complexity index is 364. The van der Waals surface area contributed by atoms with E-state index in [9.17, 15) is 10.1 Å². The van der Waals surface area contributed by atoms with E-state index in [4.69, 9.17) is 10.2 Å². The SMILES string of the molecule is O=[N+]([O-])c1ccccc1CN(CCO)CCO. The highest BCUT2D eigenvalue weighted by Gasteiger charge is 2.15. The number of rotatable bonds is 7. The van der Waals surface area contributed by atoms with Gasteiger partial charge in [-0.15, -0.1) is 0 Å². The van der Waals surface area contributed by atoms with E-state index in [0.29, 0.717) is 25.2 Å². The number of nitro groups is 1. The zero-order valence-electron chi connectivity index (χ0n) is 9.45. The molecule has 0 aliphatic rings. The van der Waals surface area contributed by atoms with Crippen LogP contribution in [0.2, 0.25) is 0 Å². The van der Waals surface area contributed by atoms with Crippen molar-refractivity contribution in [3.8, 4) is 0 Å². The largest absolute Gasteiger partial charge is 0.395 e. The van der Waals surface area contributed by atoms with E-state index in [0.717, 1.165) is 0 Å². The van der Waals surface area contributed by atoms with Crippen LogP contribution in [-0.2, 0) is 6.54 Å². The second kappa shape index (κ2) is 6.95. The molecule has 0 unspecified atom stereocenters. The molecule has 1 aromatic rings. The van der Waals surface area contributed by atoms with Gasteiger partial charge >= 0.3 is 0 Å². The zero-order chi connectivity index (χ0) is 12.7. The van der Waals surface area contributed by atoms with Crippen molar-refractivity contribution in [2.24, 2.45) is 0 Å². The molecule has 0 heterocycles. The first-order valence-electron chi connectivity index (χ1n) is 5.35. The predicted molar refractivity (Wildman–Crippen MR) is 62.5 cm³/mol. The summed E-state index contributed by atoms with van der Waals surface area (Å²) in [5, 5.41) is 28.5. The molecule has 0 radical (unpaired) electrons. The molecule has 6 nitrogen and oxygen atoms in total. The van der Waals surface area contributed by atoms with Crippen LogP contribution in [0, 0.1) is 10.1 Å². The highest BCUT2D eigenvalue weighted by molar-refractivity contribution is 5.39. The van der Waals surface area contributed by atoms with Crippen LogP contribution in [0.5, 0.6) is 0 Å². The van der Waals surface area contributed by atoms with Crippen LogP contribution in [0.25, 0.3) is 0 Å². The molecule has 0 saturated carbocycles. The van der Waals surface area contributed by atoms with Crippen molar-refractivity contribution in [3.05, 3.63) is 39.9 Å². The molecule has 6 heteroatoms. The Morgan fingerprint density at radius 2 is 1.76 bits per heavy atom. The summed E-state index contributed by atoms with van der Waals surface area (Å²) in [7, 11) is 0. The molecule has 17 heavy (non-hydrogen) atoms. The summed E-state index contributed by atoms with van der Waals surface area (Å²) in [6, 6.07) is 6.48. The molecule has 0 aliphatic heterocycles. The van der Waals surface area contributed by atoms with Crippen molar-refractivity contribution < 1.29 is 15.1 Å². The Morgan fingerprint density at radius 3 is 2.29 bits per heavy atom. The van der Waals surface area contributed by atoms with E-state index in [1.165, 1.54) is 6.07 Å². The predicted octanol–water partition coefficient (Wildman–Crippen LogP) is 0.381. The molecular weight excluding hydrogens is 224 g/mol. The fourth-order valence-corrected chi connectivity index (χ4v) is 1.62. The molecule has 0 bridgehead atoms. The Labute approximate surface area is 99.3 Å². The third-order valence-corrected chi connectivity index (χ3v) is 2.41. The minimum absolute atomic E-state index is 0.0410. The van der Waals surface area contributed by atoms with Gasteiger partial charge in [0.15, 0.2) is 0 Å². The minimum atomic E-state index is -0.425. The Hall–Kier alpha value is -1.50. The summed E-state index contributed by atoms with van der Waals surface area (Å²) in [5.74, 6) is 0. The van der Waals surface area contributed by atoms with Crippen LogP contribution in [-0.4, -0.2) is 46.3 Å². The maximum Gasteiger partial charge on any atom is 0.273 e. The smallest absolute Gasteiger partial charge is 0.273 e. The fraction of sp³-hybridized carbons (Fsp3) is 0.455. The summed E-state index contributed by atoms with van der Waals surface area (Å²) in [6.45, 7) is 1.03. The summed E-state index contributed by atoms with van der Waals surface area (Å²) < 4.78 is 0. The average Bonchev–Trinajstić information content (AvgIpc) is 2.30. The first-order chi connectivity index (χ1) is 8.19. The zero-order valence-corrected chi connectivity index (χ0v) is 9.45. The van der Waals surface area contributed by atoms with Crippen molar-refractivity contribution in [2.75, 3.05) is 26.3 Å². The van der Waals surface area contributed by atoms with Gasteiger partial charge in [-0.2, -0.15) is 0 Å². The molecule has 1 aromatic carbocycles. The van der Waals surface area contributed by atoms with Crippen LogP contribution in [0.3, 0.4) is 0 Å². The highest BCUT2D eigenvalue weighted by atomic mass is 16.6. The number of nitro benzene ring substituents is 1. The lowest BCUT2D eigenvalue weighted by Gasteiger charge is -2.19. The van der Waals surface area contributed by atoms with Gasteiger partial charge in [-0.1, -0.05) is 18.2 Å². The van der Waals surface area contributed by atoms with Gasteiger partial charge in [0.25, 0.3) is 5.69 Å². The van der Waals surface area contributed by atoms with Crippen molar-refractivity contribution in [2.45, 2.75) is 6.54 Å². The fourth-order valence-electron chi connectivity index (χ4n) is 1.62. The van der Waals surface area contributed by atoms with E-state index >= 15 is 0 Å². The molecule has 0 saturated heterocycles. The van der Waals surface area contributed by atoms with Gasteiger partial charge in [-0.25, -0.2) is 0 Å². The lowest BCUT2D eigenvalue weighted by atomic mass is 10.1. The van der Waals surface area contributed by atoms with Gasteiger partial charge in [-0.3, -0.25) is 15.0 Å². The van der Waals surface area contributed by atoms with Gasteiger partial charge in [0.1, 0.15) is 0 Å². The van der Waals surface area contributed by atoms with Gasteiger partial charge < -0.3 is 10.2 Å². The van der Waals surface area contributed by atoms with Crippen LogP contribution < -0.4 is 0 Å². The van der Waals surface area contributed by atoms with Gasteiger partial charge in [0.05, 0.1) is 18.1 Å². The molecular formula is C11H16N2O4. The average molecular weight is 240 g/mol. The molecule has 1 rings (SSSR count). The van der Waals surface area contributed by atoms with Crippen molar-refractivity contribution in [3.63, 3.8) is 0 Å². The number of nitrogens with zero attached hydrogens (tertiary/aromatic N) is 2. The molecule has 0 atom stereocenters. The lowest BCUT2D eigenvalue weighted by Crippen LogP contribution is -2.29. The summed E-state index contributed by atoms with van der Waals surface area (Å²) in [4.78, 5) is 12.1. The minimum Gasteiger partial charge on any atom is -0.395 e. The number of aliphatic hydroxyl groups excluding tert-OH is 2. The number of aliphatic hydroxyl groups is 2. The van der Waals surface area contributed by atoms with Gasteiger partial charge in [-0.05, 0) is 0 Å². The molecule has 0 aromatic heterocycles. The quantitative estimate of drug-likeness (QED) is 0.531. The highest BCUT2D eigenvalue weighted by Crippen LogP contribution is 2.19. The third-order valence-electron chi connectivity index (χ3n) is 2.41. The molecule has 0 amide bonds. The molecule has 0 aliphatic carbocycles. The molecule has 94 valence electrons. The molecule has 0 fully saturated rings. The second-order valence-electron chi connectivity index (χ2n) is 3.61. The molecule has 0 spiro atoms. The monoisotopic (exact) mass is 240 g/mol. The Morgan fingerprint density at radius 1 is 1.18 bits per heavy atom. The lowest BCUT2D eigenvalue weighted by molar-refractivity contribution is -0.385. The normalized spacial score (nSPS) is 10.8. The van der Waals surface area contributed by atoms with Crippen LogP contribution >= 0.6 is 0 Å². The van der Waals surface area contributed by atoms with E-state index in [-0.39, 0.29) is 18.9 Å². The van der Waals surface area contributed by atoms with Gasteiger partial charge in [0, 0.05) is 31.3 Å². The van der Waals surface area contributed by atoms with Gasteiger partial charge in [0.2, 0.25) is 0 Å². The Balaban J connectivity index is 2.80. The van der Waals surface area contributed by atoms with E-state index in [1.807, 2.05) is 0 Å². The molecule has 2 N–H and O–H groups in total. The summed E-state index contributed by atoms with van der Waals surface area (Å²) >= 11 is 0. The Kier molecular flexibility index (Phi) is 5.55. The van der Waals surface area contributed by atoms with E-state index < -0.39 is 4.92 Å². The summed E-state index contributed by atoms with van der Waals surface area (Å²) in [6.07, 6.45) is 0. The van der Waals surface area contributed by atoms with Crippen molar-refractivity contribution >= 4 is 5.69 Å². The first kappa shape index (κ1) is 13.6. The van der Waals surface area contributed by atoms with Crippen molar-refractivity contribution in [1.29, 1.82) is 0 Å². The second-order valence-corrected chi connectivity index (χ2v) is 3.61. The van der Waals surface area contributed by atoms with E-state index in [1.54, 1.807) is 23.1 Å². The maximum atomic E-state index is 10.8. The van der Waals surface area contributed by atoms with Crippen molar-refractivity contribution in [1.82, 2.24) is 4.90 Å². The first-order valence-corrected chi connectivity index (χ1v) is 5.35. The summed E-state index contributed by atoms with van der Waals surface area (Å²) in [5.41, 5.74) is 0.646. The van der Waals surface area contributed by atoms with Crippen LogP contribution in [0.4, 0.5) is 5.69 Å². The topological polar surface area (TPSA) is 86.8 Å². The number of hydrogen-bond acceptors (Lipinski definition) is 5. The standard InChI is InChI=1S/C11H16N2O4/c14-7-5-12(6-8-15)9-10-3-1-2-4-11(10)13(16)17/h1-4,14-15H,5-9H2. The van der Waals surface area contributed by atoms with Crippen LogP contribution in [0.15, 0.2) is 24.3 Å². The van der Waals surface area contributed by atoms with Crippen LogP contribution in [0.1, 0.15) is 5.56 Å². The maximum absolute atomic E-state index is 10.8.